The third-order valence-corrected chi connectivity index (χ3v) is 3.53. The molecule has 0 amide bonds. The van der Waals surface area contributed by atoms with Gasteiger partial charge < -0.3 is 4.74 Å². The smallest absolute Gasteiger partial charge is 0.339 e. The Bertz CT molecular complexity index is 640. The highest BCUT2D eigenvalue weighted by Gasteiger charge is 2.48. The molecule has 1 atom stereocenters. The van der Waals surface area contributed by atoms with Crippen molar-refractivity contribution in [2.45, 2.75) is 18.4 Å². The Hall–Kier alpha value is -2.23. The van der Waals surface area contributed by atoms with Crippen LogP contribution in [0.2, 0.25) is 0 Å². The van der Waals surface area contributed by atoms with Gasteiger partial charge in [-0.3, -0.25) is 0 Å². The molecule has 0 fully saturated rings. The molecule has 1 aliphatic rings. The molecule has 1 aliphatic heterocycles. The first-order valence-corrected chi connectivity index (χ1v) is 6.30. The van der Waals surface area contributed by atoms with Crippen LogP contribution in [-0.2, 0) is 10.3 Å². The summed E-state index contributed by atoms with van der Waals surface area (Å²) in [5.41, 5.74) is 0.0513. The van der Waals surface area contributed by atoms with Gasteiger partial charge in [-0.25, -0.2) is 13.6 Å². The number of carbonyl (C=O) groups excluding carboxylic acids is 1. The van der Waals surface area contributed by atoms with Gasteiger partial charge in [-0.2, -0.15) is 0 Å². The van der Waals surface area contributed by atoms with E-state index >= 15 is 0 Å². The molecule has 2 aromatic rings. The van der Waals surface area contributed by atoms with Crippen LogP contribution in [0.5, 0.6) is 0 Å². The second-order valence-corrected chi connectivity index (χ2v) is 4.72. The Morgan fingerprint density at radius 1 is 1.00 bits per heavy atom. The summed E-state index contributed by atoms with van der Waals surface area (Å²) in [6, 6.07) is 15.4. The normalized spacial score (nSPS) is 20.9. The molecular formula is C16H12F2O2. The van der Waals surface area contributed by atoms with Gasteiger partial charge >= 0.3 is 5.97 Å². The summed E-state index contributed by atoms with van der Waals surface area (Å²) in [5, 5.41) is 0. The number of ether oxygens (including phenoxy) is 1. The maximum absolute atomic E-state index is 13.0. The maximum atomic E-state index is 13.0. The minimum atomic E-state index is -2.57. The van der Waals surface area contributed by atoms with Crippen LogP contribution in [0, 0.1) is 0 Å². The average Bonchev–Trinajstić information content (AvgIpc) is 2.74. The average molecular weight is 274 g/mol. The molecule has 0 aromatic heterocycles. The molecule has 0 radical (unpaired) electrons. The zero-order chi connectivity index (χ0) is 14.2. The van der Waals surface area contributed by atoms with Gasteiger partial charge in [0.25, 0.3) is 0 Å². The summed E-state index contributed by atoms with van der Waals surface area (Å²) in [6.07, 6.45) is -3.12. The molecular weight excluding hydrogens is 262 g/mol. The molecule has 0 aliphatic carbocycles. The van der Waals surface area contributed by atoms with Gasteiger partial charge in [-0.05, 0) is 6.07 Å². The zero-order valence-electron chi connectivity index (χ0n) is 10.6. The van der Waals surface area contributed by atoms with Crippen LogP contribution in [-0.4, -0.2) is 12.4 Å². The molecule has 2 aromatic carbocycles. The molecule has 0 bridgehead atoms. The van der Waals surface area contributed by atoms with E-state index < -0.39 is 24.4 Å². The van der Waals surface area contributed by atoms with E-state index in [0.29, 0.717) is 16.7 Å². The Kier molecular flexibility index (Phi) is 3.01. The zero-order valence-corrected chi connectivity index (χ0v) is 10.6. The summed E-state index contributed by atoms with van der Waals surface area (Å²) >= 11 is 0. The van der Waals surface area contributed by atoms with Crippen LogP contribution < -0.4 is 0 Å². The van der Waals surface area contributed by atoms with Crippen molar-refractivity contribution in [3.8, 4) is 0 Å². The van der Waals surface area contributed by atoms with Crippen molar-refractivity contribution in [2.24, 2.45) is 0 Å². The van der Waals surface area contributed by atoms with Gasteiger partial charge in [0.15, 0.2) is 5.60 Å². The number of cyclic esters (lactones) is 1. The quantitative estimate of drug-likeness (QED) is 0.797. The van der Waals surface area contributed by atoms with Gasteiger partial charge in [-0.15, -0.1) is 0 Å². The number of hydrogen-bond acceptors (Lipinski definition) is 2. The number of hydrogen-bond donors (Lipinski definition) is 0. The number of benzene rings is 2. The second kappa shape index (κ2) is 4.71. The lowest BCUT2D eigenvalue weighted by molar-refractivity contribution is -0.0200. The Labute approximate surface area is 115 Å². The van der Waals surface area contributed by atoms with Crippen LogP contribution in [0.1, 0.15) is 27.9 Å². The Morgan fingerprint density at radius 2 is 1.65 bits per heavy atom. The van der Waals surface area contributed by atoms with Crippen molar-refractivity contribution in [1.82, 2.24) is 0 Å². The van der Waals surface area contributed by atoms with Gasteiger partial charge in [0, 0.05) is 11.1 Å². The molecule has 2 nitrogen and oxygen atoms in total. The fourth-order valence-corrected chi connectivity index (χ4v) is 2.69. The summed E-state index contributed by atoms with van der Waals surface area (Å²) < 4.78 is 31.5. The SMILES string of the molecule is O=C1OC(CC(F)F)(c2ccccc2)c2ccccc21. The number of rotatable bonds is 3. The summed E-state index contributed by atoms with van der Waals surface area (Å²) in [5.74, 6) is -0.551. The van der Waals surface area contributed by atoms with Crippen LogP contribution in [0.4, 0.5) is 8.78 Å². The van der Waals surface area contributed by atoms with E-state index in [0.717, 1.165) is 0 Å². The van der Waals surface area contributed by atoms with E-state index in [2.05, 4.69) is 0 Å². The lowest BCUT2D eigenvalue weighted by atomic mass is 9.83. The van der Waals surface area contributed by atoms with E-state index in [4.69, 9.17) is 4.74 Å². The molecule has 1 heterocycles. The van der Waals surface area contributed by atoms with Crippen molar-refractivity contribution in [1.29, 1.82) is 0 Å². The van der Waals surface area contributed by atoms with Crippen molar-refractivity contribution in [3.05, 3.63) is 71.3 Å². The van der Waals surface area contributed by atoms with Crippen molar-refractivity contribution in [3.63, 3.8) is 0 Å². The minimum absolute atomic E-state index is 0.358. The monoisotopic (exact) mass is 274 g/mol. The van der Waals surface area contributed by atoms with Crippen LogP contribution in [0.25, 0.3) is 0 Å². The van der Waals surface area contributed by atoms with Crippen LogP contribution >= 0.6 is 0 Å². The van der Waals surface area contributed by atoms with Crippen molar-refractivity contribution >= 4 is 5.97 Å². The fraction of sp³-hybridized carbons (Fsp3) is 0.188. The Balaban J connectivity index is 2.21. The predicted molar refractivity (Wildman–Crippen MR) is 69.7 cm³/mol. The first kappa shape index (κ1) is 12.8. The first-order chi connectivity index (χ1) is 9.63. The standard InChI is InChI=1S/C16H12F2O2/c17-14(18)10-16(11-6-2-1-3-7-11)13-9-5-4-8-12(13)15(19)20-16/h1-9,14H,10H2. The maximum Gasteiger partial charge on any atom is 0.339 e. The van der Waals surface area contributed by atoms with E-state index in [1.54, 1.807) is 54.6 Å². The van der Waals surface area contributed by atoms with Gasteiger partial charge in [0.2, 0.25) is 6.43 Å². The largest absolute Gasteiger partial charge is 0.445 e. The molecule has 4 heteroatoms. The predicted octanol–water partition coefficient (Wildman–Crippen LogP) is 3.76. The van der Waals surface area contributed by atoms with Crippen molar-refractivity contribution in [2.75, 3.05) is 0 Å². The lowest BCUT2D eigenvalue weighted by Crippen LogP contribution is -2.30. The second-order valence-electron chi connectivity index (χ2n) is 4.72. The van der Waals surface area contributed by atoms with Crippen LogP contribution in [0.15, 0.2) is 54.6 Å². The number of alkyl halides is 2. The molecule has 102 valence electrons. The van der Waals surface area contributed by atoms with Gasteiger partial charge in [0.05, 0.1) is 12.0 Å². The first-order valence-electron chi connectivity index (χ1n) is 6.30. The summed E-state index contributed by atoms with van der Waals surface area (Å²) in [7, 11) is 0. The highest BCUT2D eigenvalue weighted by molar-refractivity contribution is 5.95. The molecule has 0 saturated carbocycles. The third kappa shape index (κ3) is 1.88. The third-order valence-electron chi connectivity index (χ3n) is 3.53. The molecule has 20 heavy (non-hydrogen) atoms. The van der Waals surface area contributed by atoms with Gasteiger partial charge in [0.1, 0.15) is 0 Å². The molecule has 0 N–H and O–H groups in total. The lowest BCUT2D eigenvalue weighted by Gasteiger charge is -2.29. The topological polar surface area (TPSA) is 26.3 Å². The summed E-state index contributed by atoms with van der Waals surface area (Å²) in [6.45, 7) is 0. The fourth-order valence-electron chi connectivity index (χ4n) is 2.69. The van der Waals surface area contributed by atoms with E-state index in [1.165, 1.54) is 0 Å². The molecule has 0 spiro atoms. The van der Waals surface area contributed by atoms with Gasteiger partial charge in [-0.1, -0.05) is 48.5 Å². The highest BCUT2D eigenvalue weighted by atomic mass is 19.3. The number of halogens is 2. The van der Waals surface area contributed by atoms with Crippen molar-refractivity contribution < 1.29 is 18.3 Å². The van der Waals surface area contributed by atoms with E-state index in [1.807, 2.05) is 0 Å². The van der Waals surface area contributed by atoms with E-state index in [9.17, 15) is 13.6 Å². The number of carbonyl (C=O) groups is 1. The number of fused-ring (bicyclic) bond motifs is 1. The molecule has 1 unspecified atom stereocenters. The highest BCUT2D eigenvalue weighted by Crippen LogP contribution is 2.45. The minimum Gasteiger partial charge on any atom is -0.445 e. The Morgan fingerprint density at radius 3 is 2.35 bits per heavy atom. The van der Waals surface area contributed by atoms with Crippen LogP contribution in [0.3, 0.4) is 0 Å². The summed E-state index contributed by atoms with van der Waals surface area (Å²) in [4.78, 5) is 12.0. The van der Waals surface area contributed by atoms with E-state index in [-0.39, 0.29) is 0 Å². The molecule has 3 rings (SSSR count). The number of esters is 1. The molecule has 0 saturated heterocycles.